The normalized spacial score (nSPS) is 11.6. The van der Waals surface area contributed by atoms with E-state index in [-0.39, 0.29) is 5.82 Å². The van der Waals surface area contributed by atoms with E-state index < -0.39 is 0 Å². The van der Waals surface area contributed by atoms with Gasteiger partial charge in [0.2, 0.25) is 0 Å². The van der Waals surface area contributed by atoms with Crippen LogP contribution in [0, 0.1) is 12.7 Å². The zero-order valence-corrected chi connectivity index (χ0v) is 15.6. The van der Waals surface area contributed by atoms with Gasteiger partial charge in [0, 0.05) is 5.39 Å². The molecule has 0 atom stereocenters. The van der Waals surface area contributed by atoms with Gasteiger partial charge in [0.15, 0.2) is 11.6 Å². The first kappa shape index (κ1) is 17.8. The molecule has 0 amide bonds. The van der Waals surface area contributed by atoms with Crippen molar-refractivity contribution < 1.29 is 4.39 Å². The Balaban J connectivity index is 1.76. The van der Waals surface area contributed by atoms with Gasteiger partial charge in [0.25, 0.3) is 0 Å². The summed E-state index contributed by atoms with van der Waals surface area (Å²) in [5.74, 6) is 0.501. The van der Waals surface area contributed by atoms with Crippen LogP contribution in [0.4, 0.5) is 10.2 Å². The van der Waals surface area contributed by atoms with Gasteiger partial charge in [-0.2, -0.15) is 5.10 Å². The molecule has 1 heterocycles. The molecule has 0 saturated heterocycles. The van der Waals surface area contributed by atoms with Gasteiger partial charge in [-0.05, 0) is 43.7 Å². The lowest BCUT2D eigenvalue weighted by atomic mass is 10.1. The molecule has 138 valence electrons. The number of rotatable bonds is 4. The Bertz CT molecular complexity index is 1170. The van der Waals surface area contributed by atoms with Crippen molar-refractivity contribution >= 4 is 22.4 Å². The highest BCUT2D eigenvalue weighted by Crippen LogP contribution is 2.26. The van der Waals surface area contributed by atoms with Gasteiger partial charge in [-0.25, -0.2) is 14.4 Å². The fourth-order valence-electron chi connectivity index (χ4n) is 2.92. The lowest BCUT2D eigenvalue weighted by Crippen LogP contribution is -2.03. The van der Waals surface area contributed by atoms with Gasteiger partial charge in [-0.15, -0.1) is 0 Å². The smallest absolute Gasteiger partial charge is 0.165 e. The summed E-state index contributed by atoms with van der Waals surface area (Å²) in [6, 6.07) is 22.2. The number of halogens is 1. The molecular formula is C23H19FN4. The molecule has 4 rings (SSSR count). The van der Waals surface area contributed by atoms with Crippen LogP contribution in [0.3, 0.4) is 0 Å². The topological polar surface area (TPSA) is 50.2 Å². The van der Waals surface area contributed by atoms with Crippen LogP contribution in [0.25, 0.3) is 22.3 Å². The zero-order chi connectivity index (χ0) is 19.5. The number of nitrogens with zero attached hydrogens (tertiary/aromatic N) is 3. The van der Waals surface area contributed by atoms with Crippen LogP contribution in [0.5, 0.6) is 0 Å². The summed E-state index contributed by atoms with van der Waals surface area (Å²) in [6.45, 7) is 3.98. The second kappa shape index (κ2) is 7.56. The maximum atomic E-state index is 14.2. The number of hydrazone groups is 1. The van der Waals surface area contributed by atoms with E-state index in [4.69, 9.17) is 0 Å². The number of aromatic nitrogens is 2. The third kappa shape index (κ3) is 3.60. The Morgan fingerprint density at radius 1 is 0.893 bits per heavy atom. The number of anilines is 1. The number of nitrogens with one attached hydrogen (secondary N) is 1. The van der Waals surface area contributed by atoms with E-state index in [0.29, 0.717) is 17.2 Å². The van der Waals surface area contributed by atoms with Crippen molar-refractivity contribution in [2.45, 2.75) is 13.8 Å². The fraction of sp³-hybridized carbons (Fsp3) is 0.0870. The molecule has 0 saturated carbocycles. The second-order valence-electron chi connectivity index (χ2n) is 6.57. The first-order valence-corrected chi connectivity index (χ1v) is 9.01. The molecule has 0 aliphatic rings. The standard InChI is InChI=1S/C23H19FN4/c1-15-11-13-17(14-12-15)16(2)27-28-23-19-8-4-6-10-21(19)25-22(26-23)18-7-3-5-9-20(18)24/h3-14H,1-2H3,(H,25,26,28). The Morgan fingerprint density at radius 3 is 2.39 bits per heavy atom. The van der Waals surface area contributed by atoms with E-state index in [1.165, 1.54) is 11.6 Å². The summed E-state index contributed by atoms with van der Waals surface area (Å²) in [4.78, 5) is 9.06. The molecule has 0 radical (unpaired) electrons. The van der Waals surface area contributed by atoms with Gasteiger partial charge in [0.05, 0.1) is 16.8 Å². The van der Waals surface area contributed by atoms with E-state index >= 15 is 0 Å². The maximum Gasteiger partial charge on any atom is 0.165 e. The SMILES string of the molecule is CC(=NNc1nc(-c2ccccc2F)nc2ccccc12)c1ccc(C)cc1. The molecule has 28 heavy (non-hydrogen) atoms. The van der Waals surface area contributed by atoms with Crippen molar-refractivity contribution in [3.63, 3.8) is 0 Å². The molecule has 0 aliphatic carbocycles. The fourth-order valence-corrected chi connectivity index (χ4v) is 2.92. The largest absolute Gasteiger partial charge is 0.260 e. The summed E-state index contributed by atoms with van der Waals surface area (Å²) >= 11 is 0. The molecule has 0 aliphatic heterocycles. The molecule has 0 bridgehead atoms. The molecule has 1 N–H and O–H groups in total. The number of benzene rings is 3. The number of hydrogen-bond donors (Lipinski definition) is 1. The van der Waals surface area contributed by atoms with Gasteiger partial charge in [-0.3, -0.25) is 5.43 Å². The quantitative estimate of drug-likeness (QED) is 0.377. The Labute approximate surface area is 162 Å². The average molecular weight is 370 g/mol. The minimum Gasteiger partial charge on any atom is -0.260 e. The highest BCUT2D eigenvalue weighted by atomic mass is 19.1. The van der Waals surface area contributed by atoms with E-state index in [2.05, 4.69) is 20.5 Å². The zero-order valence-electron chi connectivity index (χ0n) is 15.6. The molecule has 4 aromatic rings. The summed E-state index contributed by atoms with van der Waals surface area (Å²) < 4.78 is 14.2. The molecule has 0 unspecified atom stereocenters. The lowest BCUT2D eigenvalue weighted by molar-refractivity contribution is 0.630. The third-order valence-electron chi connectivity index (χ3n) is 4.52. The predicted octanol–water partition coefficient (Wildman–Crippen LogP) is 5.58. The summed E-state index contributed by atoms with van der Waals surface area (Å²) in [5.41, 5.74) is 7.17. The summed E-state index contributed by atoms with van der Waals surface area (Å²) in [7, 11) is 0. The Morgan fingerprint density at radius 2 is 1.61 bits per heavy atom. The molecule has 5 heteroatoms. The van der Waals surface area contributed by atoms with Crippen LogP contribution in [0.2, 0.25) is 0 Å². The number of fused-ring (bicyclic) bond motifs is 1. The number of hydrogen-bond acceptors (Lipinski definition) is 4. The summed E-state index contributed by atoms with van der Waals surface area (Å²) in [5, 5.41) is 5.31. The number of para-hydroxylation sites is 1. The average Bonchev–Trinajstić information content (AvgIpc) is 2.72. The van der Waals surface area contributed by atoms with Crippen LogP contribution in [0.1, 0.15) is 18.1 Å². The molecule has 4 nitrogen and oxygen atoms in total. The lowest BCUT2D eigenvalue weighted by Gasteiger charge is -2.09. The molecule has 3 aromatic carbocycles. The molecular weight excluding hydrogens is 351 g/mol. The van der Waals surface area contributed by atoms with Gasteiger partial charge < -0.3 is 0 Å². The third-order valence-corrected chi connectivity index (χ3v) is 4.52. The van der Waals surface area contributed by atoms with Crippen LogP contribution in [0.15, 0.2) is 77.9 Å². The van der Waals surface area contributed by atoms with Crippen molar-refractivity contribution in [3.05, 3.63) is 89.7 Å². The number of aryl methyl sites for hydroxylation is 1. The second-order valence-corrected chi connectivity index (χ2v) is 6.57. The van der Waals surface area contributed by atoms with E-state index in [1.54, 1.807) is 18.2 Å². The van der Waals surface area contributed by atoms with Gasteiger partial charge in [0.1, 0.15) is 5.82 Å². The summed E-state index contributed by atoms with van der Waals surface area (Å²) in [6.07, 6.45) is 0. The van der Waals surface area contributed by atoms with E-state index in [1.807, 2.05) is 62.4 Å². The van der Waals surface area contributed by atoms with E-state index in [0.717, 1.165) is 22.2 Å². The van der Waals surface area contributed by atoms with Crippen molar-refractivity contribution in [1.82, 2.24) is 9.97 Å². The molecule has 1 aromatic heterocycles. The van der Waals surface area contributed by atoms with Crippen molar-refractivity contribution in [2.75, 3.05) is 5.43 Å². The Hall–Kier alpha value is -3.60. The molecule has 0 spiro atoms. The van der Waals surface area contributed by atoms with Gasteiger partial charge >= 0.3 is 0 Å². The van der Waals surface area contributed by atoms with Crippen molar-refractivity contribution in [1.29, 1.82) is 0 Å². The van der Waals surface area contributed by atoms with E-state index in [9.17, 15) is 4.39 Å². The predicted molar refractivity (Wildman–Crippen MR) is 112 cm³/mol. The highest BCUT2D eigenvalue weighted by molar-refractivity contribution is 5.99. The minimum atomic E-state index is -0.358. The van der Waals surface area contributed by atoms with Crippen LogP contribution in [-0.2, 0) is 0 Å². The minimum absolute atomic E-state index is 0.322. The van der Waals surface area contributed by atoms with Crippen LogP contribution >= 0.6 is 0 Å². The van der Waals surface area contributed by atoms with Gasteiger partial charge in [-0.1, -0.05) is 54.1 Å². The van der Waals surface area contributed by atoms with Crippen LogP contribution < -0.4 is 5.43 Å². The Kier molecular flexibility index (Phi) is 4.81. The first-order valence-electron chi connectivity index (χ1n) is 9.01. The monoisotopic (exact) mass is 370 g/mol. The first-order chi connectivity index (χ1) is 13.6. The molecule has 0 fully saturated rings. The van der Waals surface area contributed by atoms with Crippen LogP contribution in [-0.4, -0.2) is 15.7 Å². The highest BCUT2D eigenvalue weighted by Gasteiger charge is 2.12. The van der Waals surface area contributed by atoms with Crippen molar-refractivity contribution in [2.24, 2.45) is 5.10 Å². The maximum absolute atomic E-state index is 14.2. The van der Waals surface area contributed by atoms with Crippen molar-refractivity contribution in [3.8, 4) is 11.4 Å².